The van der Waals surface area contributed by atoms with Crippen LogP contribution in [0.15, 0.2) is 18.2 Å². The Morgan fingerprint density at radius 1 is 1.00 bits per heavy atom. The van der Waals surface area contributed by atoms with Crippen molar-refractivity contribution in [2.75, 3.05) is 24.3 Å². The van der Waals surface area contributed by atoms with Crippen molar-refractivity contribution in [1.82, 2.24) is 15.3 Å². The highest BCUT2D eigenvalue weighted by atomic mass is 19.4. The van der Waals surface area contributed by atoms with Gasteiger partial charge in [0.15, 0.2) is 0 Å². The number of carbonyl (C=O) groups excluding carboxylic acids is 1. The molecule has 184 valence electrons. The molecule has 2 aliphatic rings. The van der Waals surface area contributed by atoms with Gasteiger partial charge >= 0.3 is 6.18 Å². The minimum absolute atomic E-state index is 0.135. The van der Waals surface area contributed by atoms with Gasteiger partial charge < -0.3 is 15.5 Å². The Morgan fingerprint density at radius 3 is 2.35 bits per heavy atom. The monoisotopic (exact) mass is 479 g/mol. The molecule has 0 bridgehead atoms. The molecule has 2 aromatic rings. The van der Waals surface area contributed by atoms with Crippen LogP contribution < -0.4 is 15.5 Å². The maximum atomic E-state index is 13.6. The maximum Gasteiger partial charge on any atom is 0.416 e. The van der Waals surface area contributed by atoms with Crippen molar-refractivity contribution >= 4 is 17.7 Å². The highest BCUT2D eigenvalue weighted by Gasteiger charge is 2.32. The number of nitrogens with zero attached hydrogens (tertiary/aromatic N) is 3. The number of hydrogen-bond donors (Lipinski definition) is 2. The van der Waals surface area contributed by atoms with E-state index in [1.165, 1.54) is 5.56 Å². The van der Waals surface area contributed by atoms with Gasteiger partial charge in [-0.1, -0.05) is 0 Å². The predicted octanol–water partition coefficient (Wildman–Crippen LogP) is 4.73. The maximum absolute atomic E-state index is 13.6. The lowest BCUT2D eigenvalue weighted by atomic mass is 9.91. The summed E-state index contributed by atoms with van der Waals surface area (Å²) in [6.07, 6.45) is 2.29. The zero-order valence-electron chi connectivity index (χ0n) is 19.3. The number of aromatic nitrogens is 2. The Balaban J connectivity index is 1.36. The summed E-state index contributed by atoms with van der Waals surface area (Å²) in [4.78, 5) is 24.0. The molecule has 2 N–H and O–H groups in total. The van der Waals surface area contributed by atoms with Crippen LogP contribution in [0.5, 0.6) is 0 Å². The number of amides is 1. The lowest BCUT2D eigenvalue weighted by Gasteiger charge is -2.30. The van der Waals surface area contributed by atoms with Crippen molar-refractivity contribution in [2.45, 2.75) is 69.6 Å². The fraction of sp³-hybridized carbons (Fsp3) is 0.542. The Kier molecular flexibility index (Phi) is 6.95. The number of halogens is 4. The Hall–Kier alpha value is -2.91. The van der Waals surface area contributed by atoms with E-state index in [-0.39, 0.29) is 17.6 Å². The summed E-state index contributed by atoms with van der Waals surface area (Å²) in [6.45, 7) is 0. The van der Waals surface area contributed by atoms with Crippen LogP contribution in [0.3, 0.4) is 0 Å². The minimum Gasteiger partial charge on any atom is -0.362 e. The van der Waals surface area contributed by atoms with Crippen LogP contribution >= 0.6 is 0 Å². The van der Waals surface area contributed by atoms with Gasteiger partial charge in [0.1, 0.15) is 11.6 Å². The molecule has 0 atom stereocenters. The average molecular weight is 480 g/mol. The van der Waals surface area contributed by atoms with Crippen LogP contribution in [0, 0.1) is 5.82 Å². The highest BCUT2D eigenvalue weighted by molar-refractivity contribution is 5.94. The van der Waals surface area contributed by atoms with E-state index < -0.39 is 23.5 Å². The smallest absolute Gasteiger partial charge is 0.362 e. The Bertz CT molecular complexity index is 1050. The minimum atomic E-state index is -4.72. The largest absolute Gasteiger partial charge is 0.416 e. The predicted molar refractivity (Wildman–Crippen MR) is 122 cm³/mol. The van der Waals surface area contributed by atoms with Crippen LogP contribution in [0.4, 0.5) is 29.3 Å². The number of alkyl halides is 3. The van der Waals surface area contributed by atoms with Gasteiger partial charge in [-0.2, -0.15) is 18.2 Å². The molecule has 4 rings (SSSR count). The molecule has 0 radical (unpaired) electrons. The molecule has 0 saturated heterocycles. The quantitative estimate of drug-likeness (QED) is 0.607. The number of hydrogen-bond acceptors (Lipinski definition) is 5. The first-order valence-corrected chi connectivity index (χ1v) is 11.6. The van der Waals surface area contributed by atoms with Crippen molar-refractivity contribution in [2.24, 2.45) is 0 Å². The number of nitrogens with one attached hydrogen (secondary N) is 2. The van der Waals surface area contributed by atoms with Gasteiger partial charge in [-0.15, -0.1) is 0 Å². The Morgan fingerprint density at radius 2 is 1.68 bits per heavy atom. The van der Waals surface area contributed by atoms with Gasteiger partial charge in [-0.3, -0.25) is 4.79 Å². The van der Waals surface area contributed by atoms with E-state index in [1.54, 1.807) is 0 Å². The summed E-state index contributed by atoms with van der Waals surface area (Å²) in [7, 11) is 3.95. The van der Waals surface area contributed by atoms with Crippen molar-refractivity contribution in [3.05, 3.63) is 46.4 Å². The zero-order valence-corrected chi connectivity index (χ0v) is 19.3. The summed E-state index contributed by atoms with van der Waals surface area (Å²) >= 11 is 0. The second-order valence-electron chi connectivity index (χ2n) is 9.29. The van der Waals surface area contributed by atoms with Crippen molar-refractivity contribution in [3.63, 3.8) is 0 Å². The van der Waals surface area contributed by atoms with E-state index in [0.717, 1.165) is 56.1 Å². The molecular weight excluding hydrogens is 450 g/mol. The van der Waals surface area contributed by atoms with Crippen LogP contribution in [0.2, 0.25) is 0 Å². The van der Waals surface area contributed by atoms with Crippen LogP contribution in [0.1, 0.15) is 65.7 Å². The highest BCUT2D eigenvalue weighted by Crippen LogP contribution is 2.31. The van der Waals surface area contributed by atoms with Gasteiger partial charge in [0.2, 0.25) is 5.95 Å². The van der Waals surface area contributed by atoms with Crippen molar-refractivity contribution in [3.8, 4) is 0 Å². The second-order valence-corrected chi connectivity index (χ2v) is 9.29. The molecule has 1 saturated carbocycles. The third-order valence-electron chi connectivity index (χ3n) is 6.47. The second kappa shape index (κ2) is 9.76. The first-order chi connectivity index (χ1) is 16.1. The summed E-state index contributed by atoms with van der Waals surface area (Å²) < 4.78 is 52.4. The van der Waals surface area contributed by atoms with Gasteiger partial charge in [-0.25, -0.2) is 9.37 Å². The fourth-order valence-electron chi connectivity index (χ4n) is 4.73. The van der Waals surface area contributed by atoms with Gasteiger partial charge in [0.25, 0.3) is 5.91 Å². The van der Waals surface area contributed by atoms with E-state index in [2.05, 4.69) is 10.6 Å². The van der Waals surface area contributed by atoms with Gasteiger partial charge in [0.05, 0.1) is 11.3 Å². The molecule has 1 amide bonds. The van der Waals surface area contributed by atoms with E-state index in [4.69, 9.17) is 9.97 Å². The van der Waals surface area contributed by atoms with E-state index in [1.807, 2.05) is 19.0 Å². The summed E-state index contributed by atoms with van der Waals surface area (Å²) in [5.41, 5.74) is 0.819. The zero-order chi connectivity index (χ0) is 24.5. The van der Waals surface area contributed by atoms with E-state index >= 15 is 0 Å². The number of anilines is 2. The first kappa shape index (κ1) is 24.2. The normalized spacial score (nSPS) is 20.4. The number of rotatable bonds is 5. The molecule has 1 aromatic heterocycles. The van der Waals surface area contributed by atoms with Crippen molar-refractivity contribution in [1.29, 1.82) is 0 Å². The van der Waals surface area contributed by atoms with E-state index in [0.29, 0.717) is 30.9 Å². The molecule has 34 heavy (non-hydrogen) atoms. The molecular formula is C24H29F4N5O. The number of fused-ring (bicyclic) bond motifs is 1. The molecule has 6 nitrogen and oxygen atoms in total. The Labute approximate surface area is 196 Å². The first-order valence-electron chi connectivity index (χ1n) is 11.6. The van der Waals surface area contributed by atoms with Crippen LogP contribution in [-0.4, -0.2) is 42.1 Å². The number of benzene rings is 1. The molecule has 0 spiro atoms. The van der Waals surface area contributed by atoms with Crippen molar-refractivity contribution < 1.29 is 22.4 Å². The molecule has 1 fully saturated rings. The fourth-order valence-corrected chi connectivity index (χ4v) is 4.73. The van der Waals surface area contributed by atoms with Gasteiger partial charge in [-0.05, 0) is 69.6 Å². The molecule has 10 heteroatoms. The number of aryl methyl sites for hydroxylation is 1. The SMILES string of the molecule is CN(C)c1nc(NC2CCC(NC(=O)c3cc(F)cc(C(F)(F)F)c3)CC2)nc2c1CCCC2. The van der Waals surface area contributed by atoms with E-state index in [9.17, 15) is 22.4 Å². The average Bonchev–Trinajstić information content (AvgIpc) is 2.78. The summed E-state index contributed by atoms with van der Waals surface area (Å²) in [5, 5.41) is 6.18. The molecule has 0 unspecified atom stereocenters. The lowest BCUT2D eigenvalue weighted by Crippen LogP contribution is -2.40. The summed E-state index contributed by atoms with van der Waals surface area (Å²) in [5.74, 6) is -0.233. The molecule has 1 heterocycles. The molecule has 2 aliphatic carbocycles. The third kappa shape index (κ3) is 5.59. The molecule has 1 aromatic carbocycles. The third-order valence-corrected chi connectivity index (χ3v) is 6.47. The van der Waals surface area contributed by atoms with Gasteiger partial charge in [0, 0.05) is 37.3 Å². The standard InChI is InChI=1S/C24H29F4N5O/c1-33(2)21-19-5-3-4-6-20(19)31-23(32-21)30-18-9-7-17(8-10-18)29-22(34)14-11-15(24(26,27)28)13-16(25)12-14/h11-13,17-18H,3-10H2,1-2H3,(H,29,34)(H,30,31,32). The van der Waals surface area contributed by atoms with Crippen LogP contribution in [0.25, 0.3) is 0 Å². The lowest BCUT2D eigenvalue weighted by molar-refractivity contribution is -0.137. The summed E-state index contributed by atoms with van der Waals surface area (Å²) in [6, 6.07) is 1.84. The number of carbonyl (C=O) groups is 1. The van der Waals surface area contributed by atoms with Crippen LogP contribution in [-0.2, 0) is 19.0 Å². The molecule has 0 aliphatic heterocycles. The topological polar surface area (TPSA) is 70.2 Å².